The molecule has 2 aliphatic rings. The van der Waals surface area contributed by atoms with Gasteiger partial charge in [0, 0.05) is 44.7 Å². The number of hydrogen-bond donors (Lipinski definition) is 0. The Labute approximate surface area is 324 Å². The molecule has 0 atom stereocenters. The molecule has 2 aliphatic carbocycles. The molecular formula is C53H40N2. The van der Waals surface area contributed by atoms with Gasteiger partial charge in [0.15, 0.2) is 0 Å². The van der Waals surface area contributed by atoms with E-state index in [4.69, 9.17) is 0 Å². The molecule has 2 heteroatoms. The normalized spacial score (nSPS) is 13.8. The summed E-state index contributed by atoms with van der Waals surface area (Å²) in [4.78, 5) is 4.77. The Balaban J connectivity index is 1.38. The molecule has 2 nitrogen and oxygen atoms in total. The Kier molecular flexibility index (Phi) is 10.2. The van der Waals surface area contributed by atoms with Crippen LogP contribution in [0.25, 0.3) is 32.7 Å². The van der Waals surface area contributed by atoms with Gasteiger partial charge >= 0.3 is 0 Å². The molecule has 0 amide bonds. The molecule has 262 valence electrons. The first-order valence-corrected chi connectivity index (χ1v) is 18.6. The lowest BCUT2D eigenvalue weighted by molar-refractivity contribution is 1.16. The van der Waals surface area contributed by atoms with Crippen molar-refractivity contribution in [2.75, 3.05) is 9.80 Å². The van der Waals surface area contributed by atoms with Crippen LogP contribution in [0.3, 0.4) is 0 Å². The maximum absolute atomic E-state index is 3.80. The Hall–Kier alpha value is -7.34. The molecule has 0 aromatic heterocycles. The van der Waals surface area contributed by atoms with Crippen LogP contribution in [-0.4, -0.2) is 0 Å². The van der Waals surface area contributed by atoms with E-state index >= 15 is 0 Å². The molecule has 6 aromatic carbocycles. The Morgan fingerprint density at radius 1 is 0.545 bits per heavy atom. The molecule has 0 bridgehead atoms. The first kappa shape index (κ1) is 34.7. The first-order valence-electron chi connectivity index (χ1n) is 18.6. The fraction of sp³-hybridized carbons (Fsp3) is 0.0189. The molecule has 0 N–H and O–H groups in total. The smallest absolute Gasteiger partial charge is 0.0620 e. The van der Waals surface area contributed by atoms with Crippen LogP contribution in [0.15, 0.2) is 242 Å². The predicted octanol–water partition coefficient (Wildman–Crippen LogP) is 14.3. The topological polar surface area (TPSA) is 6.48 Å². The number of nitrogens with zero attached hydrogens (tertiary/aromatic N) is 2. The molecule has 0 aliphatic heterocycles. The van der Waals surface area contributed by atoms with Crippen molar-refractivity contribution in [2.45, 2.75) is 6.92 Å². The van der Waals surface area contributed by atoms with Crippen LogP contribution in [0.1, 0.15) is 18.1 Å². The summed E-state index contributed by atoms with van der Waals surface area (Å²) < 4.78 is 0. The van der Waals surface area contributed by atoms with E-state index in [0.717, 1.165) is 66.8 Å². The monoisotopic (exact) mass is 704 g/mol. The van der Waals surface area contributed by atoms with Crippen molar-refractivity contribution in [1.82, 2.24) is 0 Å². The third kappa shape index (κ3) is 7.20. The Morgan fingerprint density at radius 2 is 1.15 bits per heavy atom. The lowest BCUT2D eigenvalue weighted by Crippen LogP contribution is -2.21. The predicted molar refractivity (Wildman–Crippen MR) is 237 cm³/mol. The van der Waals surface area contributed by atoms with Gasteiger partial charge in [-0.15, -0.1) is 11.5 Å². The lowest BCUT2D eigenvalue weighted by Gasteiger charge is -2.33. The summed E-state index contributed by atoms with van der Waals surface area (Å²) in [7, 11) is 0. The number of hydrogen-bond acceptors (Lipinski definition) is 2. The summed E-state index contributed by atoms with van der Waals surface area (Å²) >= 11 is 0. The van der Waals surface area contributed by atoms with Crippen molar-refractivity contribution >= 4 is 55.4 Å². The summed E-state index contributed by atoms with van der Waals surface area (Å²) in [6.45, 7) is 5.94. The highest BCUT2D eigenvalue weighted by atomic mass is 15.2. The number of benzene rings is 6. The SMILES string of the molecule is C=CC=CC=C(C)c1ccc(N(c2ccccc2)c2c3ccccc3c(N(C3=CC=C(c4ccccc4)C=C=C3)C3=CC=C=CC=C3)c3ccccc23)cc1. The molecule has 0 fully saturated rings. The van der Waals surface area contributed by atoms with E-state index in [-0.39, 0.29) is 0 Å². The minimum Gasteiger partial charge on any atom is -0.309 e. The van der Waals surface area contributed by atoms with Gasteiger partial charge in [-0.1, -0.05) is 152 Å². The van der Waals surface area contributed by atoms with Gasteiger partial charge < -0.3 is 9.80 Å². The van der Waals surface area contributed by atoms with E-state index in [1.807, 2.05) is 30.4 Å². The van der Waals surface area contributed by atoms with E-state index in [9.17, 15) is 0 Å². The van der Waals surface area contributed by atoms with Gasteiger partial charge in [-0.25, -0.2) is 0 Å². The first-order chi connectivity index (χ1) is 27.2. The van der Waals surface area contributed by atoms with E-state index in [1.165, 1.54) is 11.1 Å². The van der Waals surface area contributed by atoms with Gasteiger partial charge in [0.2, 0.25) is 0 Å². The number of anilines is 4. The van der Waals surface area contributed by atoms with Crippen LogP contribution in [0, 0.1) is 0 Å². The second-order valence-electron chi connectivity index (χ2n) is 13.3. The zero-order valence-corrected chi connectivity index (χ0v) is 30.8. The van der Waals surface area contributed by atoms with Gasteiger partial charge in [-0.3, -0.25) is 0 Å². The van der Waals surface area contributed by atoms with Crippen molar-refractivity contribution in [3.63, 3.8) is 0 Å². The van der Waals surface area contributed by atoms with Crippen molar-refractivity contribution in [3.8, 4) is 0 Å². The molecule has 8 rings (SSSR count). The second kappa shape index (κ2) is 16.1. The molecule has 0 saturated heterocycles. The van der Waals surface area contributed by atoms with Crippen molar-refractivity contribution in [2.24, 2.45) is 0 Å². The fourth-order valence-electron chi connectivity index (χ4n) is 7.24. The van der Waals surface area contributed by atoms with Crippen molar-refractivity contribution in [3.05, 3.63) is 253 Å². The van der Waals surface area contributed by atoms with Gasteiger partial charge in [0.1, 0.15) is 0 Å². The molecule has 0 heterocycles. The summed E-state index contributed by atoms with van der Waals surface area (Å²) in [6.07, 6.45) is 26.7. The average molecular weight is 705 g/mol. The van der Waals surface area contributed by atoms with E-state index < -0.39 is 0 Å². The highest BCUT2D eigenvalue weighted by molar-refractivity contribution is 6.22. The molecule has 0 spiro atoms. The van der Waals surface area contributed by atoms with Gasteiger partial charge in [-0.2, -0.15) is 0 Å². The Morgan fingerprint density at radius 3 is 1.80 bits per heavy atom. The Bertz CT molecular complexity index is 2660. The van der Waals surface area contributed by atoms with E-state index in [2.05, 4.69) is 211 Å². The maximum Gasteiger partial charge on any atom is 0.0620 e. The van der Waals surface area contributed by atoms with Gasteiger partial charge in [0.25, 0.3) is 0 Å². The minimum atomic E-state index is 0.998. The summed E-state index contributed by atoms with van der Waals surface area (Å²) in [5.74, 6) is 0. The summed E-state index contributed by atoms with van der Waals surface area (Å²) in [5.41, 5.74) is 17.8. The number of rotatable bonds is 10. The van der Waals surface area contributed by atoms with Crippen LogP contribution in [-0.2, 0) is 0 Å². The molecule has 0 saturated carbocycles. The van der Waals surface area contributed by atoms with Crippen LogP contribution < -0.4 is 9.80 Å². The largest absolute Gasteiger partial charge is 0.309 e. The number of para-hydroxylation sites is 1. The summed E-state index contributed by atoms with van der Waals surface area (Å²) in [5, 5.41) is 4.54. The van der Waals surface area contributed by atoms with E-state index in [1.54, 1.807) is 6.08 Å². The number of fused-ring (bicyclic) bond motifs is 2. The standard InChI is InChI=1S/C53H40N2/c1-3-4-9-21-40(2)41-34-37-47(38-35-41)55(45-27-14-8-15-28-45)53-50-32-18-16-30-48(50)52(49-31-17-19-33-51(49)53)54(44-25-12-5-6-13-26-44)46-29-20-24-43(36-39-46)42-22-10-7-11-23-42/h3-5,7-19,21-39H,1H2,2H3. The number of allylic oxidation sites excluding steroid dienone is 13. The van der Waals surface area contributed by atoms with Gasteiger partial charge in [-0.05, 0) is 89.9 Å². The van der Waals surface area contributed by atoms with Crippen LogP contribution in [0.4, 0.5) is 22.7 Å². The molecular weight excluding hydrogens is 665 g/mol. The molecule has 0 radical (unpaired) electrons. The molecule has 55 heavy (non-hydrogen) atoms. The third-order valence-corrected chi connectivity index (χ3v) is 9.85. The van der Waals surface area contributed by atoms with Gasteiger partial charge in [0.05, 0.1) is 17.1 Å². The quantitative estimate of drug-likeness (QED) is 0.0606. The van der Waals surface area contributed by atoms with Crippen molar-refractivity contribution < 1.29 is 0 Å². The highest BCUT2D eigenvalue weighted by Crippen LogP contribution is 2.49. The van der Waals surface area contributed by atoms with Crippen LogP contribution in [0.5, 0.6) is 0 Å². The molecule has 6 aromatic rings. The third-order valence-electron chi connectivity index (χ3n) is 9.85. The molecule has 0 unspecified atom stereocenters. The van der Waals surface area contributed by atoms with Crippen LogP contribution >= 0.6 is 0 Å². The fourth-order valence-corrected chi connectivity index (χ4v) is 7.24. The van der Waals surface area contributed by atoms with Crippen molar-refractivity contribution in [1.29, 1.82) is 0 Å². The maximum atomic E-state index is 3.80. The minimum absolute atomic E-state index is 0.998. The zero-order chi connectivity index (χ0) is 37.4. The second-order valence-corrected chi connectivity index (χ2v) is 13.3. The van der Waals surface area contributed by atoms with Crippen LogP contribution in [0.2, 0.25) is 0 Å². The lowest BCUT2D eigenvalue weighted by atomic mass is 9.95. The average Bonchev–Trinajstić information content (AvgIpc) is 3.67. The zero-order valence-electron chi connectivity index (χ0n) is 30.8. The highest BCUT2D eigenvalue weighted by Gasteiger charge is 2.26. The summed E-state index contributed by atoms with van der Waals surface area (Å²) in [6, 6.07) is 47.6. The van der Waals surface area contributed by atoms with E-state index in [0.29, 0.717) is 0 Å².